The van der Waals surface area contributed by atoms with Gasteiger partial charge in [-0.05, 0) is 31.0 Å². The highest BCUT2D eigenvalue weighted by molar-refractivity contribution is 5.71. The molecule has 1 aliphatic carbocycles. The molecule has 0 saturated heterocycles. The second-order valence-electron chi connectivity index (χ2n) is 4.33. The van der Waals surface area contributed by atoms with Gasteiger partial charge in [0.05, 0.1) is 11.4 Å². The molecular formula is C12H19N3. The van der Waals surface area contributed by atoms with Crippen LogP contribution < -0.4 is 16.8 Å². The Morgan fingerprint density at radius 1 is 1.07 bits per heavy atom. The molecule has 1 aliphatic rings. The van der Waals surface area contributed by atoms with Gasteiger partial charge in [-0.1, -0.05) is 19.3 Å². The molecule has 1 aromatic rings. The van der Waals surface area contributed by atoms with E-state index < -0.39 is 0 Å². The van der Waals surface area contributed by atoms with Gasteiger partial charge in [0.1, 0.15) is 0 Å². The van der Waals surface area contributed by atoms with Crippen molar-refractivity contribution in [2.24, 2.45) is 0 Å². The van der Waals surface area contributed by atoms with E-state index in [9.17, 15) is 0 Å². The van der Waals surface area contributed by atoms with Crippen molar-refractivity contribution in [1.82, 2.24) is 0 Å². The van der Waals surface area contributed by atoms with Gasteiger partial charge in [-0.2, -0.15) is 0 Å². The van der Waals surface area contributed by atoms with Crippen LogP contribution >= 0.6 is 0 Å². The smallest absolute Gasteiger partial charge is 0.0596 e. The van der Waals surface area contributed by atoms with E-state index in [0.29, 0.717) is 6.04 Å². The van der Waals surface area contributed by atoms with Crippen molar-refractivity contribution in [3.8, 4) is 0 Å². The lowest BCUT2D eigenvalue weighted by molar-refractivity contribution is 0.463. The summed E-state index contributed by atoms with van der Waals surface area (Å²) in [4.78, 5) is 0. The topological polar surface area (TPSA) is 64.1 Å². The maximum Gasteiger partial charge on any atom is 0.0596 e. The first-order chi connectivity index (χ1) is 7.25. The standard InChI is InChI=1S/C12H19N3/c13-9-6-7-11(14)12(8-9)15-10-4-2-1-3-5-10/h6-8,10,15H,1-5,13-14H2. The summed E-state index contributed by atoms with van der Waals surface area (Å²) in [5.74, 6) is 0. The second kappa shape index (κ2) is 4.43. The van der Waals surface area contributed by atoms with Crippen molar-refractivity contribution in [3.05, 3.63) is 18.2 Å². The molecule has 0 radical (unpaired) electrons. The Labute approximate surface area is 90.8 Å². The Hall–Kier alpha value is -1.38. The molecule has 0 bridgehead atoms. The van der Waals surface area contributed by atoms with Crippen LogP contribution in [0.5, 0.6) is 0 Å². The van der Waals surface area contributed by atoms with Crippen LogP contribution in [-0.2, 0) is 0 Å². The number of rotatable bonds is 2. The van der Waals surface area contributed by atoms with Crippen LogP contribution in [0.1, 0.15) is 32.1 Å². The Balaban J connectivity index is 2.05. The molecule has 1 fully saturated rings. The molecule has 0 spiro atoms. The van der Waals surface area contributed by atoms with Crippen LogP contribution in [0.3, 0.4) is 0 Å². The quantitative estimate of drug-likeness (QED) is 0.650. The summed E-state index contributed by atoms with van der Waals surface area (Å²) in [6, 6.07) is 6.19. The minimum absolute atomic E-state index is 0.572. The highest BCUT2D eigenvalue weighted by Crippen LogP contribution is 2.26. The third-order valence-electron chi connectivity index (χ3n) is 3.04. The van der Waals surface area contributed by atoms with Gasteiger partial charge >= 0.3 is 0 Å². The van der Waals surface area contributed by atoms with E-state index in [1.165, 1.54) is 32.1 Å². The normalized spacial score (nSPS) is 17.6. The molecule has 0 heterocycles. The average Bonchev–Trinajstić information content (AvgIpc) is 2.25. The lowest BCUT2D eigenvalue weighted by Gasteiger charge is -2.24. The molecule has 2 rings (SSSR count). The maximum atomic E-state index is 5.89. The summed E-state index contributed by atoms with van der Waals surface area (Å²) in [6.07, 6.45) is 6.49. The van der Waals surface area contributed by atoms with Crippen molar-refractivity contribution in [3.63, 3.8) is 0 Å². The highest BCUT2D eigenvalue weighted by Gasteiger charge is 2.13. The van der Waals surface area contributed by atoms with E-state index in [2.05, 4.69) is 5.32 Å². The van der Waals surface area contributed by atoms with E-state index in [4.69, 9.17) is 11.5 Å². The van der Waals surface area contributed by atoms with E-state index in [0.717, 1.165) is 17.1 Å². The molecular weight excluding hydrogens is 186 g/mol. The van der Waals surface area contributed by atoms with E-state index in [-0.39, 0.29) is 0 Å². The first-order valence-corrected chi connectivity index (χ1v) is 5.67. The van der Waals surface area contributed by atoms with E-state index in [1.807, 2.05) is 18.2 Å². The van der Waals surface area contributed by atoms with E-state index in [1.54, 1.807) is 0 Å². The number of anilines is 3. The van der Waals surface area contributed by atoms with Gasteiger partial charge in [0.15, 0.2) is 0 Å². The SMILES string of the molecule is Nc1ccc(N)c(NC2CCCCC2)c1. The molecule has 15 heavy (non-hydrogen) atoms. The first-order valence-electron chi connectivity index (χ1n) is 5.67. The summed E-state index contributed by atoms with van der Waals surface area (Å²) in [7, 11) is 0. The van der Waals surface area contributed by atoms with Crippen molar-refractivity contribution < 1.29 is 0 Å². The zero-order valence-corrected chi connectivity index (χ0v) is 9.00. The predicted octanol–water partition coefficient (Wildman–Crippen LogP) is 2.60. The third kappa shape index (κ3) is 2.55. The Kier molecular flexibility index (Phi) is 2.99. The molecule has 5 N–H and O–H groups in total. The van der Waals surface area contributed by atoms with Crippen LogP contribution in [0.4, 0.5) is 17.1 Å². The Morgan fingerprint density at radius 3 is 2.53 bits per heavy atom. The molecule has 0 aromatic heterocycles. The van der Waals surface area contributed by atoms with Gasteiger partial charge in [-0.3, -0.25) is 0 Å². The minimum atomic E-state index is 0.572. The molecule has 0 atom stereocenters. The predicted molar refractivity (Wildman–Crippen MR) is 65.8 cm³/mol. The fourth-order valence-electron chi connectivity index (χ4n) is 2.17. The molecule has 1 saturated carbocycles. The summed E-state index contributed by atoms with van der Waals surface area (Å²) < 4.78 is 0. The zero-order valence-electron chi connectivity index (χ0n) is 9.00. The van der Waals surface area contributed by atoms with Gasteiger partial charge in [-0.25, -0.2) is 0 Å². The average molecular weight is 205 g/mol. The van der Waals surface area contributed by atoms with Gasteiger partial charge in [0.25, 0.3) is 0 Å². The fraction of sp³-hybridized carbons (Fsp3) is 0.500. The maximum absolute atomic E-state index is 5.89. The minimum Gasteiger partial charge on any atom is -0.399 e. The molecule has 0 aliphatic heterocycles. The number of nitrogens with two attached hydrogens (primary N) is 2. The van der Waals surface area contributed by atoms with Gasteiger partial charge < -0.3 is 16.8 Å². The largest absolute Gasteiger partial charge is 0.399 e. The highest BCUT2D eigenvalue weighted by atomic mass is 14.9. The lowest BCUT2D eigenvalue weighted by atomic mass is 9.95. The van der Waals surface area contributed by atoms with Crippen molar-refractivity contribution in [2.45, 2.75) is 38.1 Å². The number of benzene rings is 1. The van der Waals surface area contributed by atoms with Crippen LogP contribution in [0, 0.1) is 0 Å². The Bertz CT molecular complexity index is 330. The van der Waals surface area contributed by atoms with Crippen molar-refractivity contribution >= 4 is 17.1 Å². The van der Waals surface area contributed by atoms with Crippen molar-refractivity contribution in [1.29, 1.82) is 0 Å². The van der Waals surface area contributed by atoms with Crippen molar-refractivity contribution in [2.75, 3.05) is 16.8 Å². The number of nitrogen functional groups attached to an aromatic ring is 2. The van der Waals surface area contributed by atoms with Crippen LogP contribution in [0.2, 0.25) is 0 Å². The van der Waals surface area contributed by atoms with Crippen LogP contribution in [0.25, 0.3) is 0 Å². The van der Waals surface area contributed by atoms with Crippen LogP contribution in [-0.4, -0.2) is 6.04 Å². The first kappa shape index (κ1) is 10.1. The Morgan fingerprint density at radius 2 is 1.80 bits per heavy atom. The molecule has 3 heteroatoms. The summed E-state index contributed by atoms with van der Waals surface area (Å²) in [5, 5.41) is 3.48. The lowest BCUT2D eigenvalue weighted by Crippen LogP contribution is -2.22. The molecule has 82 valence electrons. The molecule has 3 nitrogen and oxygen atoms in total. The number of hydrogen-bond acceptors (Lipinski definition) is 3. The summed E-state index contributed by atoms with van der Waals surface area (Å²) in [5.41, 5.74) is 14.2. The zero-order chi connectivity index (χ0) is 10.7. The summed E-state index contributed by atoms with van der Waals surface area (Å²) >= 11 is 0. The van der Waals surface area contributed by atoms with Gasteiger partial charge in [0, 0.05) is 11.7 Å². The monoisotopic (exact) mass is 205 g/mol. The number of nitrogens with one attached hydrogen (secondary N) is 1. The van der Waals surface area contributed by atoms with Crippen LogP contribution in [0.15, 0.2) is 18.2 Å². The number of hydrogen-bond donors (Lipinski definition) is 3. The summed E-state index contributed by atoms with van der Waals surface area (Å²) in [6.45, 7) is 0. The molecule has 0 unspecified atom stereocenters. The third-order valence-corrected chi connectivity index (χ3v) is 3.04. The van der Waals surface area contributed by atoms with Gasteiger partial charge in [0.2, 0.25) is 0 Å². The van der Waals surface area contributed by atoms with Gasteiger partial charge in [-0.15, -0.1) is 0 Å². The molecule has 0 amide bonds. The fourth-order valence-corrected chi connectivity index (χ4v) is 2.17. The van der Waals surface area contributed by atoms with E-state index >= 15 is 0 Å². The second-order valence-corrected chi connectivity index (χ2v) is 4.33. The molecule has 1 aromatic carbocycles.